The smallest absolute Gasteiger partial charge is 0.354 e. The third kappa shape index (κ3) is 1.63. The number of rotatable bonds is 3. The van der Waals surface area contributed by atoms with Gasteiger partial charge >= 0.3 is 5.97 Å². The van der Waals surface area contributed by atoms with Gasteiger partial charge in [-0.25, -0.2) is 4.79 Å². The molecule has 2 aromatic heterocycles. The summed E-state index contributed by atoms with van der Waals surface area (Å²) >= 11 is 0. The average molecular weight is 271 g/mol. The quantitative estimate of drug-likeness (QED) is 0.542. The topological polar surface area (TPSA) is 56.9 Å². The molecule has 0 aliphatic carbocycles. The molecule has 0 N–H and O–H groups in total. The number of fused-ring (bicyclic) bond motifs is 3. The number of para-hydroxylation sites is 1. The van der Waals surface area contributed by atoms with Crippen molar-refractivity contribution in [2.75, 3.05) is 13.7 Å². The van der Waals surface area contributed by atoms with Gasteiger partial charge < -0.3 is 18.5 Å². The van der Waals surface area contributed by atoms with Crippen LogP contribution in [-0.4, -0.2) is 30.4 Å². The van der Waals surface area contributed by atoms with E-state index in [0.717, 1.165) is 23.1 Å². The molecule has 3 heterocycles. The highest BCUT2D eigenvalue weighted by Crippen LogP contribution is 2.32. The van der Waals surface area contributed by atoms with Gasteiger partial charge in [0.05, 0.1) is 31.9 Å². The van der Waals surface area contributed by atoms with Crippen molar-refractivity contribution < 1.29 is 18.7 Å². The highest BCUT2D eigenvalue weighted by atomic mass is 16.6. The molecule has 3 aromatic rings. The lowest BCUT2D eigenvalue weighted by atomic mass is 10.2. The van der Waals surface area contributed by atoms with Crippen LogP contribution in [0.1, 0.15) is 10.5 Å². The predicted molar refractivity (Wildman–Crippen MR) is 72.8 cm³/mol. The molecule has 1 fully saturated rings. The van der Waals surface area contributed by atoms with E-state index < -0.39 is 0 Å². The summed E-state index contributed by atoms with van der Waals surface area (Å²) in [4.78, 5) is 11.9. The van der Waals surface area contributed by atoms with Crippen LogP contribution in [0.15, 0.2) is 34.7 Å². The Morgan fingerprint density at radius 2 is 2.20 bits per heavy atom. The predicted octanol–water partition coefficient (Wildman–Crippen LogP) is 2.57. The number of carbonyl (C=O) groups is 1. The monoisotopic (exact) mass is 271 g/mol. The standard InChI is InChI=1S/C15H13NO4/c1-18-15(17)11-6-13-14(16(11)7-9-8-19-9)10-4-2-3-5-12(10)20-13/h2-6,9H,7-8H2,1H3/t9-/m0/s1. The zero-order valence-corrected chi connectivity index (χ0v) is 11.0. The van der Waals surface area contributed by atoms with Gasteiger partial charge in [-0.1, -0.05) is 12.1 Å². The Morgan fingerprint density at radius 1 is 1.40 bits per heavy atom. The third-order valence-corrected chi connectivity index (χ3v) is 3.61. The Bertz CT molecular complexity index is 810. The van der Waals surface area contributed by atoms with E-state index in [1.165, 1.54) is 7.11 Å². The number of hydrogen-bond acceptors (Lipinski definition) is 4. The summed E-state index contributed by atoms with van der Waals surface area (Å²) in [5.74, 6) is -0.360. The van der Waals surface area contributed by atoms with Gasteiger partial charge in [0.2, 0.25) is 0 Å². The van der Waals surface area contributed by atoms with Crippen LogP contribution in [0.2, 0.25) is 0 Å². The van der Waals surface area contributed by atoms with Crippen LogP contribution in [-0.2, 0) is 16.0 Å². The fourth-order valence-corrected chi connectivity index (χ4v) is 2.59. The largest absolute Gasteiger partial charge is 0.464 e. The molecule has 5 heteroatoms. The molecule has 0 unspecified atom stereocenters. The van der Waals surface area contributed by atoms with Crippen molar-refractivity contribution in [3.8, 4) is 0 Å². The molecule has 1 aromatic carbocycles. The summed E-state index contributed by atoms with van der Waals surface area (Å²) in [5, 5.41) is 0.998. The van der Waals surface area contributed by atoms with Gasteiger partial charge in [0.1, 0.15) is 11.3 Å². The van der Waals surface area contributed by atoms with Crippen molar-refractivity contribution in [3.63, 3.8) is 0 Å². The number of furan rings is 1. The zero-order chi connectivity index (χ0) is 13.7. The molecule has 1 aliphatic rings. The minimum atomic E-state index is -0.360. The molecular formula is C15H13NO4. The number of aromatic nitrogens is 1. The Balaban J connectivity index is 2.00. The van der Waals surface area contributed by atoms with E-state index in [2.05, 4.69) is 0 Å². The summed E-state index contributed by atoms with van der Waals surface area (Å²) < 4.78 is 17.9. The molecule has 0 amide bonds. The highest BCUT2D eigenvalue weighted by Gasteiger charge is 2.28. The summed E-state index contributed by atoms with van der Waals surface area (Å²) in [6, 6.07) is 9.54. The molecule has 1 saturated heterocycles. The number of hydrogen-bond donors (Lipinski definition) is 0. The van der Waals surface area contributed by atoms with Gasteiger partial charge in [-0.2, -0.15) is 0 Å². The van der Waals surface area contributed by atoms with Crippen LogP contribution in [0, 0.1) is 0 Å². The average Bonchev–Trinajstić information content (AvgIpc) is 3.11. The number of benzene rings is 1. The lowest BCUT2D eigenvalue weighted by Crippen LogP contribution is -2.13. The minimum absolute atomic E-state index is 0.169. The van der Waals surface area contributed by atoms with E-state index in [4.69, 9.17) is 13.9 Å². The number of epoxide rings is 1. The fourth-order valence-electron chi connectivity index (χ4n) is 2.59. The Morgan fingerprint density at radius 3 is 2.95 bits per heavy atom. The van der Waals surface area contributed by atoms with E-state index >= 15 is 0 Å². The van der Waals surface area contributed by atoms with Crippen molar-refractivity contribution in [1.29, 1.82) is 0 Å². The number of esters is 1. The summed E-state index contributed by atoms with van der Waals surface area (Å²) in [7, 11) is 1.38. The molecule has 5 nitrogen and oxygen atoms in total. The van der Waals surface area contributed by atoms with Gasteiger partial charge in [0, 0.05) is 11.5 Å². The van der Waals surface area contributed by atoms with Gasteiger partial charge in [-0.05, 0) is 12.1 Å². The zero-order valence-electron chi connectivity index (χ0n) is 11.0. The number of nitrogens with zero attached hydrogens (tertiary/aromatic N) is 1. The van der Waals surface area contributed by atoms with E-state index in [1.54, 1.807) is 6.07 Å². The van der Waals surface area contributed by atoms with E-state index in [1.807, 2.05) is 28.8 Å². The first kappa shape index (κ1) is 11.5. The van der Waals surface area contributed by atoms with Crippen molar-refractivity contribution in [3.05, 3.63) is 36.0 Å². The Hall–Kier alpha value is -2.27. The molecule has 0 bridgehead atoms. The molecule has 1 atom stereocenters. The van der Waals surface area contributed by atoms with Crippen LogP contribution >= 0.6 is 0 Å². The van der Waals surface area contributed by atoms with Crippen LogP contribution in [0.4, 0.5) is 0 Å². The van der Waals surface area contributed by atoms with Crippen LogP contribution in [0.25, 0.3) is 22.1 Å². The molecule has 0 saturated carbocycles. The lowest BCUT2D eigenvalue weighted by Gasteiger charge is -2.06. The van der Waals surface area contributed by atoms with Gasteiger partial charge in [0.25, 0.3) is 0 Å². The normalized spacial score (nSPS) is 17.8. The van der Waals surface area contributed by atoms with E-state index in [-0.39, 0.29) is 12.1 Å². The second-order valence-corrected chi connectivity index (χ2v) is 4.90. The molecule has 4 rings (SSSR count). The molecule has 1 aliphatic heterocycles. The first-order valence-electron chi connectivity index (χ1n) is 6.48. The molecule has 20 heavy (non-hydrogen) atoms. The second-order valence-electron chi connectivity index (χ2n) is 4.90. The van der Waals surface area contributed by atoms with Crippen molar-refractivity contribution in [1.82, 2.24) is 4.57 Å². The first-order chi connectivity index (χ1) is 9.78. The summed E-state index contributed by atoms with van der Waals surface area (Å²) in [6.07, 6.45) is 0.169. The third-order valence-electron chi connectivity index (χ3n) is 3.61. The molecular weight excluding hydrogens is 258 g/mol. The van der Waals surface area contributed by atoms with Crippen LogP contribution in [0.3, 0.4) is 0 Å². The summed E-state index contributed by atoms with van der Waals surface area (Å²) in [5.41, 5.74) is 2.95. The highest BCUT2D eigenvalue weighted by molar-refractivity contribution is 6.06. The molecule has 102 valence electrons. The number of methoxy groups -OCH3 is 1. The van der Waals surface area contributed by atoms with Crippen molar-refractivity contribution >= 4 is 28.0 Å². The van der Waals surface area contributed by atoms with E-state index in [0.29, 0.717) is 17.8 Å². The van der Waals surface area contributed by atoms with Gasteiger partial charge in [0.15, 0.2) is 5.58 Å². The van der Waals surface area contributed by atoms with Crippen LogP contribution < -0.4 is 0 Å². The maximum absolute atomic E-state index is 11.9. The maximum atomic E-state index is 11.9. The maximum Gasteiger partial charge on any atom is 0.354 e. The first-order valence-corrected chi connectivity index (χ1v) is 6.48. The Kier molecular flexibility index (Phi) is 2.37. The lowest BCUT2D eigenvalue weighted by molar-refractivity contribution is 0.0588. The van der Waals surface area contributed by atoms with Crippen molar-refractivity contribution in [2.24, 2.45) is 0 Å². The van der Waals surface area contributed by atoms with Gasteiger partial charge in [-0.3, -0.25) is 0 Å². The summed E-state index contributed by atoms with van der Waals surface area (Å²) in [6.45, 7) is 1.37. The fraction of sp³-hybridized carbons (Fsp3) is 0.267. The van der Waals surface area contributed by atoms with Crippen molar-refractivity contribution in [2.45, 2.75) is 12.6 Å². The minimum Gasteiger partial charge on any atom is -0.464 e. The Labute approximate surface area is 114 Å². The SMILES string of the molecule is COC(=O)c1cc2oc3ccccc3c2n1C[C@H]1CO1. The number of ether oxygens (including phenoxy) is 2. The van der Waals surface area contributed by atoms with E-state index in [9.17, 15) is 4.79 Å². The molecule has 0 radical (unpaired) electrons. The molecule has 0 spiro atoms. The number of carbonyl (C=O) groups excluding carboxylic acids is 1. The van der Waals surface area contributed by atoms with Crippen LogP contribution in [0.5, 0.6) is 0 Å². The second kappa shape index (κ2) is 4.11. The van der Waals surface area contributed by atoms with Gasteiger partial charge in [-0.15, -0.1) is 0 Å².